The van der Waals surface area contributed by atoms with Crippen molar-refractivity contribution in [1.29, 1.82) is 0 Å². The van der Waals surface area contributed by atoms with Crippen LogP contribution in [0.15, 0.2) is 180 Å². The fourth-order valence-electron chi connectivity index (χ4n) is 9.94. The Kier molecular flexibility index (Phi) is 62.7. The molecule has 1 saturated heterocycles. The zero-order valence-corrected chi connectivity index (χ0v) is 90.6. The van der Waals surface area contributed by atoms with Crippen molar-refractivity contribution < 1.29 is 169 Å². The summed E-state index contributed by atoms with van der Waals surface area (Å²) in [5.74, 6) is -0.0516. The molecule has 1 fully saturated rings. The molecule has 4 aromatic carbocycles. The van der Waals surface area contributed by atoms with Crippen LogP contribution in [0.2, 0.25) is 0 Å². The van der Waals surface area contributed by atoms with Crippen LogP contribution in [0.3, 0.4) is 0 Å². The fraction of sp³-hybridized carbons (Fsp3) is 0.521. The number of allylic oxidation sites excluding steroid dienone is 5. The number of esters is 4. The third kappa shape index (κ3) is 77.1. The van der Waals surface area contributed by atoms with Crippen molar-refractivity contribution in [3.05, 3.63) is 180 Å². The zero-order valence-electron chi connectivity index (χ0n) is 84.5. The molecular formula is C94H147N4NaO30P2S4. The molecule has 34 nitrogen and oxygen atoms in total. The van der Waals surface area contributed by atoms with Gasteiger partial charge in [-0.1, -0.05) is 151 Å². The summed E-state index contributed by atoms with van der Waals surface area (Å²) in [5.41, 5.74) is 1.67. The molecule has 3 amide bonds. The van der Waals surface area contributed by atoms with Gasteiger partial charge in [-0.25, -0.2) is 39.6 Å². The van der Waals surface area contributed by atoms with Crippen molar-refractivity contribution in [3.8, 4) is 0 Å². The number of aryl methyl sites for hydroxylation is 1. The topological polar surface area (TPSA) is 499 Å². The number of rotatable bonds is 31. The summed E-state index contributed by atoms with van der Waals surface area (Å²) in [7, 11) is -17.2. The minimum absolute atomic E-state index is 0. The standard InChI is InChI=1S/C20H17OP.C17H29NO6S.C15H25NO5.C13H23NO5.C12H21NO4S.C7H8O3S.C6H15O5PS.C4H8O.Na.H/c21-16-17-22(18-10-4-1-5-11-18,19-12-6-2-7-13-19)20-14-8-3-9-15-20;1-16(2,3)23-14(19)12-13(10-8-9-11-25(7,21)22)18-15(20)24-17(4,5)6;1-14(2,3)20-12(18)10-11(8-7-9-17)16-13(19)21-15(4,5)6;1-12(2,3)18-10(16)7-9(8-15)14-11(17)19-13(4,5)6;1-12(2,3)17-11(14)9-10(13)7-5-6-8-18(4,15)16;1-6-2-4-7(5-3-6)11(8,9)10;1-4-10-12(7,11-5-2)6-13(3,8)9;1-2-4-5-3-1;;/h1-17H;8-11,13H,12H2,1-7H3,(H,18,20);7-9,11H,10H2,1-6H3,(H,16,19);8-9H,7H2,1-6H3,(H,14,17);5-8,10H,9,13H2,1-4H3;2-5H,1H3,(H,8,9,10);4-6H2,1-3H3;1-4H2;;/q;;;;;;;;+1;-1/b;10-8+,11-9+;8-7+;;7-5+,8-6+;;;;;/t;13-;11-;9-;10-;;;;;/m.1101...../s1. The molecule has 4 aromatic rings. The van der Waals surface area contributed by atoms with E-state index in [0.29, 0.717) is 12.6 Å². The largest absolute Gasteiger partial charge is 1.00 e. The first-order chi connectivity index (χ1) is 61.1. The van der Waals surface area contributed by atoms with Gasteiger partial charge in [-0.2, -0.15) is 8.42 Å². The van der Waals surface area contributed by atoms with Gasteiger partial charge in [0, 0.05) is 48.8 Å². The summed E-state index contributed by atoms with van der Waals surface area (Å²) in [6, 6.07) is 34.1. The molecule has 5 rings (SSSR count). The van der Waals surface area contributed by atoms with Gasteiger partial charge in [0.25, 0.3) is 10.1 Å². The fourth-order valence-corrected chi connectivity index (χ4v) is 18.4. The van der Waals surface area contributed by atoms with Crippen molar-refractivity contribution in [2.45, 2.75) is 273 Å². The first-order valence-electron chi connectivity index (χ1n) is 42.4. The maximum Gasteiger partial charge on any atom is 1.00 e. The Hall–Kier alpha value is -8.59. The molecule has 0 unspecified atom stereocenters. The van der Waals surface area contributed by atoms with Gasteiger partial charge in [-0.15, -0.1) is 0 Å². The van der Waals surface area contributed by atoms with Crippen molar-refractivity contribution in [2.24, 2.45) is 5.73 Å². The van der Waals surface area contributed by atoms with Crippen LogP contribution in [-0.2, 0) is 125 Å². The number of hydrogen-bond donors (Lipinski definition) is 5. The third-order valence-corrected chi connectivity index (χ3v) is 25.0. The van der Waals surface area contributed by atoms with Gasteiger partial charge >= 0.3 is 79.3 Å². The third-order valence-electron chi connectivity index (χ3n) is 14.5. The molecule has 1 heterocycles. The molecular weight excluding hydrogens is 1880 g/mol. The predicted octanol–water partition coefficient (Wildman–Crippen LogP) is 11.5. The van der Waals surface area contributed by atoms with E-state index in [-0.39, 0.29) is 80.7 Å². The van der Waals surface area contributed by atoms with E-state index in [1.807, 2.05) is 67.3 Å². The molecule has 1 aliphatic heterocycles. The van der Waals surface area contributed by atoms with Gasteiger partial charge in [0.05, 0.1) is 61.9 Å². The Labute approximate surface area is 825 Å². The number of aldehydes is 3. The Bertz CT molecular complexity index is 4820. The zero-order chi connectivity index (χ0) is 104. The van der Waals surface area contributed by atoms with Gasteiger partial charge in [0.1, 0.15) is 58.1 Å². The molecule has 0 saturated carbocycles. The predicted molar refractivity (Wildman–Crippen MR) is 527 cm³/mol. The number of hydrogen-bond acceptors (Lipinski definition) is 30. The van der Waals surface area contributed by atoms with Gasteiger partial charge in [0.2, 0.25) is 0 Å². The molecule has 1 aliphatic rings. The van der Waals surface area contributed by atoms with E-state index < -0.39 is 159 Å². The van der Waals surface area contributed by atoms with Crippen molar-refractivity contribution in [3.63, 3.8) is 0 Å². The van der Waals surface area contributed by atoms with Crippen LogP contribution >= 0.6 is 14.5 Å². The molecule has 0 bridgehead atoms. The number of carbonyl (C=O) groups is 10. The number of ether oxygens (including phenoxy) is 8. The summed E-state index contributed by atoms with van der Waals surface area (Å²) in [6.07, 6.45) is 16.5. The first kappa shape index (κ1) is 133. The van der Waals surface area contributed by atoms with Crippen LogP contribution in [0.25, 0.3) is 0 Å². The molecule has 758 valence electrons. The van der Waals surface area contributed by atoms with E-state index in [1.54, 1.807) is 177 Å². The molecule has 4 atom stereocenters. The van der Waals surface area contributed by atoms with Crippen LogP contribution < -0.4 is 67.2 Å². The second-order valence-electron chi connectivity index (χ2n) is 36.5. The summed E-state index contributed by atoms with van der Waals surface area (Å²) in [4.78, 5) is 114. The SMILES string of the molecule is C1CCOC1.CC(C)(C)OC(=O)C[C@@H](/C=C/C=C/S(C)(=O)=O)NC(=O)OC(C)(C)C.CC(C)(C)OC(=O)C[C@@H](/C=C/C=O)NC(=O)OC(C)(C)C.CC(C)(C)OC(=O)C[C@@H](C=O)NC(=O)OC(C)(C)C.CC(C)(C)OC(=O)C[C@H](N)/C=C/C=C/S(C)(=O)=O.CCOP(=O)(CS(C)(=O)=O)OCC.Cc1ccc(S(=O)(=O)O)cc1.O=CC=P(c1ccccc1)(c1ccccc1)c1ccccc1.[H-].[Na+]. The van der Waals surface area contributed by atoms with E-state index in [9.17, 15) is 86.2 Å². The number of sulfone groups is 3. The van der Waals surface area contributed by atoms with E-state index in [0.717, 1.165) is 54.6 Å². The van der Waals surface area contributed by atoms with Crippen molar-refractivity contribution in [1.82, 2.24) is 16.0 Å². The number of benzene rings is 4. The second kappa shape index (κ2) is 63.8. The van der Waals surface area contributed by atoms with Gasteiger partial charge in [-0.05, 0) is 226 Å². The summed E-state index contributed by atoms with van der Waals surface area (Å²) in [5, 5.41) is 13.0. The second-order valence-corrected chi connectivity index (χ2v) is 49.6. The van der Waals surface area contributed by atoms with Crippen LogP contribution in [-0.4, -0.2) is 219 Å². The number of nitrogens with two attached hydrogens (primary N) is 1. The Morgan fingerprint density at radius 3 is 0.993 bits per heavy atom. The van der Waals surface area contributed by atoms with E-state index in [4.69, 9.17) is 57.2 Å². The Balaban J connectivity index is -0.000000490. The quantitative estimate of drug-likeness (QED) is 0.00456. The number of carbonyl (C=O) groups excluding carboxylic acids is 10. The summed E-state index contributed by atoms with van der Waals surface area (Å²) in [6.45, 7) is 41.9. The molecule has 0 radical (unpaired) electrons. The van der Waals surface area contributed by atoms with Gasteiger partial charge in [-0.3, -0.25) is 37.9 Å². The molecule has 0 spiro atoms. The van der Waals surface area contributed by atoms with E-state index >= 15 is 0 Å². The molecule has 135 heavy (non-hydrogen) atoms. The van der Waals surface area contributed by atoms with Crippen LogP contribution in [0.5, 0.6) is 0 Å². The van der Waals surface area contributed by atoms with Crippen LogP contribution in [0, 0.1) is 6.92 Å². The van der Waals surface area contributed by atoms with Crippen molar-refractivity contribution >= 4 is 137 Å². The minimum Gasteiger partial charge on any atom is -1.00 e. The first-order valence-corrected chi connectivity index (χ1v) is 53.4. The maximum absolute atomic E-state index is 12.0. The van der Waals surface area contributed by atoms with Gasteiger partial charge in [0.15, 0.2) is 35.0 Å². The smallest absolute Gasteiger partial charge is 1.00 e. The molecule has 0 aromatic heterocycles. The van der Waals surface area contributed by atoms with Gasteiger partial charge < -0.3 is 74.8 Å². The normalized spacial score (nSPS) is 13.6. The molecule has 41 heteroatoms. The Morgan fingerprint density at radius 1 is 0.437 bits per heavy atom. The van der Waals surface area contributed by atoms with Crippen LogP contribution in [0.4, 0.5) is 14.4 Å². The number of amides is 3. The minimum atomic E-state index is -4.02. The average molecular weight is 2030 g/mol. The summed E-state index contributed by atoms with van der Waals surface area (Å²) >= 11 is 0. The summed E-state index contributed by atoms with van der Waals surface area (Å²) < 4.78 is 157. The van der Waals surface area contributed by atoms with E-state index in [1.165, 1.54) is 83.4 Å². The van der Waals surface area contributed by atoms with Crippen LogP contribution in [0.1, 0.15) is 205 Å². The number of nitrogens with one attached hydrogen (secondary N) is 3. The molecule has 6 N–H and O–H groups in total. The average Bonchev–Trinajstić information content (AvgIpc) is 0.802. The molecule has 0 aliphatic carbocycles. The number of alkyl carbamates (subject to hydrolysis) is 3. The van der Waals surface area contributed by atoms with Crippen molar-refractivity contribution in [2.75, 3.05) is 50.7 Å². The monoisotopic (exact) mass is 2020 g/mol. The Morgan fingerprint density at radius 2 is 0.733 bits per heavy atom. The van der Waals surface area contributed by atoms with E-state index in [2.05, 4.69) is 52.3 Å². The maximum atomic E-state index is 12.0.